The van der Waals surface area contributed by atoms with Gasteiger partial charge in [0.1, 0.15) is 59.8 Å². The number of carbonyl (C=O) groups is 4. The second-order valence-electron chi connectivity index (χ2n) is 19.9. The van der Waals surface area contributed by atoms with Gasteiger partial charge < -0.3 is 64.6 Å². The van der Waals surface area contributed by atoms with Crippen LogP contribution in [-0.4, -0.2) is 153 Å². The lowest BCUT2D eigenvalue weighted by Crippen LogP contribution is -2.69. The van der Waals surface area contributed by atoms with Crippen molar-refractivity contribution in [3.63, 3.8) is 0 Å². The van der Waals surface area contributed by atoms with Crippen LogP contribution >= 0.6 is 0 Å². The number of aliphatic hydroxyl groups excluding tert-OH is 5. The number of carbonyl (C=O) groups excluding carboxylic acids is 4. The summed E-state index contributed by atoms with van der Waals surface area (Å²) in [5.74, 6) is -3.12. The standard InChI is InChI=1S/C51H61N3O16/c1-49(2,3)67-37(57)18-17-34(26-55)53-45(61)30-15-8-10-28(20-30)24-52-48(63)51-23-35-41-42(69-50(68-41)21-31-12-5-6-13-32(31)22-50)44(51)70-54(43(51)46(62)65-35)25-33-14-7-4-11-29(33)16-9-19-64-47-40(60)39(59)38(58)36(27-56)66-47/h4-16,20,34-36,38-44,47,55-56,58-60H,17-19,21-27H2,1-3H3,(H,52,63)(H,53,61). The molecule has 2 amide bonds. The molecule has 6 aliphatic rings. The van der Waals surface area contributed by atoms with Gasteiger partial charge in [-0.15, -0.1) is 0 Å². The fraction of sp³-hybridized carbons (Fsp3) is 0.529. The molecule has 19 heteroatoms. The van der Waals surface area contributed by atoms with E-state index in [2.05, 4.69) is 10.6 Å². The molecule has 3 aromatic carbocycles. The Morgan fingerprint density at radius 2 is 1.66 bits per heavy atom. The van der Waals surface area contributed by atoms with Crippen LogP contribution in [0.5, 0.6) is 0 Å². The van der Waals surface area contributed by atoms with Gasteiger partial charge in [0, 0.05) is 37.8 Å². The number of rotatable bonds is 16. The number of hydroxylamine groups is 2. The third-order valence-corrected chi connectivity index (χ3v) is 13.9. The van der Waals surface area contributed by atoms with Gasteiger partial charge in [0.05, 0.1) is 32.4 Å². The molecule has 376 valence electrons. The van der Waals surface area contributed by atoms with Gasteiger partial charge in [-0.25, -0.2) is 0 Å². The molecule has 19 nitrogen and oxygen atoms in total. The Bertz CT molecular complexity index is 2430. The molecule has 70 heavy (non-hydrogen) atoms. The number of ether oxygens (including phenoxy) is 6. The molecule has 1 saturated carbocycles. The van der Waals surface area contributed by atoms with Gasteiger partial charge in [-0.1, -0.05) is 72.8 Å². The summed E-state index contributed by atoms with van der Waals surface area (Å²) in [6.45, 7) is 4.21. The minimum absolute atomic E-state index is 0.00231. The number of esters is 2. The zero-order valence-corrected chi connectivity index (χ0v) is 39.2. The van der Waals surface area contributed by atoms with E-state index in [9.17, 15) is 39.9 Å². The van der Waals surface area contributed by atoms with E-state index in [0.717, 1.165) is 11.1 Å². The lowest BCUT2D eigenvalue weighted by atomic mass is 9.62. The van der Waals surface area contributed by atoms with Gasteiger partial charge in [0.2, 0.25) is 5.91 Å². The first-order chi connectivity index (χ1) is 33.5. The van der Waals surface area contributed by atoms with Crippen molar-refractivity contribution in [2.75, 3.05) is 19.8 Å². The molecule has 4 heterocycles. The number of hydrogen-bond acceptors (Lipinski definition) is 17. The first-order valence-electron chi connectivity index (χ1n) is 23.7. The lowest BCUT2D eigenvalue weighted by Gasteiger charge is -2.48. The Hall–Kier alpha value is -5.16. The highest BCUT2D eigenvalue weighted by Gasteiger charge is 2.76. The van der Waals surface area contributed by atoms with Crippen LogP contribution < -0.4 is 10.6 Å². The summed E-state index contributed by atoms with van der Waals surface area (Å²) in [4.78, 5) is 62.1. The van der Waals surface area contributed by atoms with Crippen LogP contribution in [-0.2, 0) is 73.6 Å². The Morgan fingerprint density at radius 1 is 0.929 bits per heavy atom. The van der Waals surface area contributed by atoms with Crippen molar-refractivity contribution < 1.29 is 78.0 Å². The minimum atomic E-state index is -1.59. The Kier molecular flexibility index (Phi) is 14.3. The molecule has 0 aromatic heterocycles. The minimum Gasteiger partial charge on any atom is -0.460 e. The fourth-order valence-corrected chi connectivity index (χ4v) is 10.6. The molecule has 12 atom stereocenters. The van der Waals surface area contributed by atoms with Crippen molar-refractivity contribution in [2.24, 2.45) is 5.41 Å². The number of benzene rings is 3. The smallest absolute Gasteiger partial charge is 0.327 e. The Labute approximate surface area is 404 Å². The molecule has 1 spiro atoms. The van der Waals surface area contributed by atoms with Crippen LogP contribution in [0.25, 0.3) is 6.08 Å². The Balaban J connectivity index is 0.934. The van der Waals surface area contributed by atoms with Crippen LogP contribution in [0.15, 0.2) is 78.9 Å². The molecule has 0 radical (unpaired) electrons. The molecular weight excluding hydrogens is 911 g/mol. The van der Waals surface area contributed by atoms with E-state index >= 15 is 4.79 Å². The van der Waals surface area contributed by atoms with Gasteiger partial charge >= 0.3 is 11.9 Å². The zero-order valence-electron chi connectivity index (χ0n) is 39.2. The third-order valence-electron chi connectivity index (χ3n) is 13.9. The predicted octanol–water partition coefficient (Wildman–Crippen LogP) is 1.12. The van der Waals surface area contributed by atoms with Crippen LogP contribution in [0.4, 0.5) is 0 Å². The molecule has 2 bridgehead atoms. The quantitative estimate of drug-likeness (QED) is 0.0993. The van der Waals surface area contributed by atoms with Gasteiger partial charge in [-0.05, 0) is 67.1 Å². The van der Waals surface area contributed by atoms with E-state index in [0.29, 0.717) is 29.5 Å². The van der Waals surface area contributed by atoms with Crippen molar-refractivity contribution in [3.05, 3.63) is 112 Å². The first kappa shape index (κ1) is 49.8. The molecule has 7 N–H and O–H groups in total. The number of amides is 2. The first-order valence-corrected chi connectivity index (χ1v) is 23.7. The number of fused-ring (bicyclic) bond motifs is 5. The average Bonchev–Trinajstić information content (AvgIpc) is 4.02. The van der Waals surface area contributed by atoms with Crippen LogP contribution in [0.1, 0.15) is 78.2 Å². The van der Waals surface area contributed by atoms with E-state index in [-0.39, 0.29) is 44.5 Å². The lowest BCUT2D eigenvalue weighted by molar-refractivity contribution is -0.298. The second kappa shape index (κ2) is 20.2. The number of nitrogens with zero attached hydrogens (tertiary/aromatic N) is 1. The molecule has 5 fully saturated rings. The van der Waals surface area contributed by atoms with E-state index in [1.807, 2.05) is 48.5 Å². The maximum Gasteiger partial charge on any atom is 0.327 e. The summed E-state index contributed by atoms with van der Waals surface area (Å²) < 4.78 is 36.4. The maximum atomic E-state index is 15.1. The molecule has 9 rings (SSSR count). The van der Waals surface area contributed by atoms with Crippen molar-refractivity contribution in [1.82, 2.24) is 15.7 Å². The number of aliphatic hydroxyl groups is 5. The zero-order chi connectivity index (χ0) is 49.5. The van der Waals surface area contributed by atoms with Crippen molar-refractivity contribution >= 4 is 29.8 Å². The van der Waals surface area contributed by atoms with Crippen molar-refractivity contribution in [3.8, 4) is 0 Å². The van der Waals surface area contributed by atoms with Crippen LogP contribution in [0.3, 0.4) is 0 Å². The normalized spacial score (nSPS) is 31.2. The second-order valence-corrected chi connectivity index (χ2v) is 19.9. The van der Waals surface area contributed by atoms with E-state index in [1.54, 1.807) is 57.2 Å². The van der Waals surface area contributed by atoms with Gasteiger partial charge in [-0.2, -0.15) is 5.06 Å². The maximum absolute atomic E-state index is 15.1. The van der Waals surface area contributed by atoms with Crippen molar-refractivity contribution in [2.45, 2.75) is 145 Å². The molecule has 4 aliphatic heterocycles. The summed E-state index contributed by atoms with van der Waals surface area (Å²) >= 11 is 0. The summed E-state index contributed by atoms with van der Waals surface area (Å²) in [5.41, 5.74) is 2.24. The Morgan fingerprint density at radius 3 is 2.39 bits per heavy atom. The van der Waals surface area contributed by atoms with E-state index < -0.39 is 121 Å². The summed E-state index contributed by atoms with van der Waals surface area (Å²) in [5, 5.41) is 57.7. The molecule has 3 aromatic rings. The molecule has 4 saturated heterocycles. The van der Waals surface area contributed by atoms with Gasteiger partial charge in [0.15, 0.2) is 18.1 Å². The largest absolute Gasteiger partial charge is 0.460 e. The average molecular weight is 972 g/mol. The van der Waals surface area contributed by atoms with E-state index in [1.165, 1.54) is 5.06 Å². The van der Waals surface area contributed by atoms with Gasteiger partial charge in [-0.3, -0.25) is 24.0 Å². The third kappa shape index (κ3) is 9.90. The highest BCUT2D eigenvalue weighted by Crippen LogP contribution is 2.58. The van der Waals surface area contributed by atoms with Crippen LogP contribution in [0.2, 0.25) is 0 Å². The molecule has 2 aliphatic carbocycles. The fourth-order valence-electron chi connectivity index (χ4n) is 10.6. The number of hydrogen-bond donors (Lipinski definition) is 7. The van der Waals surface area contributed by atoms with Crippen LogP contribution in [0, 0.1) is 5.41 Å². The summed E-state index contributed by atoms with van der Waals surface area (Å²) in [7, 11) is 0. The number of nitrogens with one attached hydrogen (secondary N) is 2. The molecular formula is C51H61N3O16. The SMILES string of the molecule is CC(C)(C)OC(=O)CCC(CO)NC(=O)c1cccc(CNC(=O)C23CC4OC(=O)C2N(Cc2ccccc2C=CCOC2OC(CO)C(O)C(O)C2O)OC3C2OC3(Cc5ccccc5C3)OC42)c1. The summed E-state index contributed by atoms with van der Waals surface area (Å²) in [6.07, 6.45) is -5.90. The molecule has 12 unspecified atom stereocenters. The van der Waals surface area contributed by atoms with Gasteiger partial charge in [0.25, 0.3) is 5.91 Å². The highest BCUT2D eigenvalue weighted by molar-refractivity contribution is 5.95. The topological polar surface area (TPSA) is 261 Å². The van der Waals surface area contributed by atoms with Crippen molar-refractivity contribution in [1.29, 1.82) is 0 Å². The predicted molar refractivity (Wildman–Crippen MR) is 244 cm³/mol. The van der Waals surface area contributed by atoms with E-state index in [4.69, 9.17) is 33.3 Å². The monoisotopic (exact) mass is 971 g/mol. The highest BCUT2D eigenvalue weighted by atomic mass is 16.8. The summed E-state index contributed by atoms with van der Waals surface area (Å²) in [6, 6.07) is 20.0.